The fourth-order valence-corrected chi connectivity index (χ4v) is 3.75. The van der Waals surface area contributed by atoms with Gasteiger partial charge in [-0.25, -0.2) is 13.6 Å². The molecular weight excluding hydrogens is 378 g/mol. The van der Waals surface area contributed by atoms with Crippen LogP contribution >= 0.6 is 0 Å². The maximum absolute atomic E-state index is 12.6. The Morgan fingerprint density at radius 2 is 1.82 bits per heavy atom. The molecule has 0 unspecified atom stereocenters. The van der Waals surface area contributed by atoms with Crippen LogP contribution in [0.2, 0.25) is 0 Å². The third-order valence-electron chi connectivity index (χ3n) is 4.56. The lowest BCUT2D eigenvalue weighted by atomic mass is 10.1. The molecule has 28 heavy (non-hydrogen) atoms. The number of aryl methyl sites for hydroxylation is 1. The molecule has 0 fully saturated rings. The first-order valence-electron chi connectivity index (χ1n) is 8.78. The van der Waals surface area contributed by atoms with Gasteiger partial charge in [0, 0.05) is 17.9 Å². The van der Waals surface area contributed by atoms with E-state index in [-0.39, 0.29) is 11.7 Å². The van der Waals surface area contributed by atoms with E-state index in [2.05, 4.69) is 5.32 Å². The van der Waals surface area contributed by atoms with E-state index in [0.29, 0.717) is 24.2 Å². The minimum absolute atomic E-state index is 0.160. The molecular formula is C20H23N3O4S. The number of nitrogens with two attached hydrogens (primary N) is 1. The fourth-order valence-electron chi connectivity index (χ4n) is 3.10. The van der Waals surface area contributed by atoms with Gasteiger partial charge in [0.15, 0.2) is 0 Å². The van der Waals surface area contributed by atoms with Gasteiger partial charge in [0.05, 0.1) is 24.1 Å². The molecule has 0 bridgehead atoms. The van der Waals surface area contributed by atoms with Crippen LogP contribution in [0, 0.1) is 13.8 Å². The zero-order chi connectivity index (χ0) is 20.3. The number of amides is 1. The lowest BCUT2D eigenvalue weighted by Crippen LogP contribution is -2.23. The van der Waals surface area contributed by atoms with Crippen molar-refractivity contribution in [3.8, 4) is 0 Å². The Kier molecular flexibility index (Phi) is 5.71. The molecule has 0 atom stereocenters. The molecule has 0 aliphatic carbocycles. The molecule has 8 heteroatoms. The summed E-state index contributed by atoms with van der Waals surface area (Å²) in [6, 6.07) is 12.6. The number of furan rings is 1. The summed E-state index contributed by atoms with van der Waals surface area (Å²) in [6.07, 6.45) is 1.63. The molecule has 0 aliphatic heterocycles. The van der Waals surface area contributed by atoms with Gasteiger partial charge in [-0.2, -0.15) is 0 Å². The molecule has 3 aromatic rings. The van der Waals surface area contributed by atoms with Gasteiger partial charge in [-0.1, -0.05) is 24.3 Å². The molecule has 0 aliphatic rings. The van der Waals surface area contributed by atoms with Gasteiger partial charge in [0.25, 0.3) is 5.91 Å². The number of hydrogen-bond acceptors (Lipinski definition) is 4. The maximum Gasteiger partial charge on any atom is 0.253 e. The average molecular weight is 401 g/mol. The van der Waals surface area contributed by atoms with Gasteiger partial charge in [-0.3, -0.25) is 4.79 Å². The Morgan fingerprint density at radius 1 is 1.14 bits per heavy atom. The molecule has 3 rings (SSSR count). The Bertz CT molecular complexity index is 1070. The first kappa shape index (κ1) is 19.9. The van der Waals surface area contributed by atoms with Crippen LogP contribution in [0.1, 0.15) is 38.6 Å². The van der Waals surface area contributed by atoms with Crippen molar-refractivity contribution >= 4 is 15.9 Å². The highest BCUT2D eigenvalue weighted by molar-refractivity contribution is 7.88. The van der Waals surface area contributed by atoms with Crippen molar-refractivity contribution in [3.63, 3.8) is 0 Å². The van der Waals surface area contributed by atoms with Crippen LogP contribution in [-0.2, 0) is 28.9 Å². The van der Waals surface area contributed by atoms with Gasteiger partial charge in [0.1, 0.15) is 5.76 Å². The van der Waals surface area contributed by atoms with Crippen LogP contribution in [0.4, 0.5) is 0 Å². The standard InChI is InChI=1S/C20H23N3O4S/c1-14-10-19(15(2)23(14)12-18-4-3-9-27-18)20(24)22-11-16-5-7-17(8-6-16)13-28(21,25)26/h3-10H,11-13H2,1-2H3,(H,22,24)(H2,21,25,26). The number of nitrogens with one attached hydrogen (secondary N) is 1. The largest absolute Gasteiger partial charge is 0.467 e. The molecule has 0 radical (unpaired) electrons. The van der Waals surface area contributed by atoms with E-state index >= 15 is 0 Å². The quantitative estimate of drug-likeness (QED) is 0.634. The van der Waals surface area contributed by atoms with Gasteiger partial charge < -0.3 is 14.3 Å². The molecule has 2 heterocycles. The third-order valence-corrected chi connectivity index (χ3v) is 5.29. The van der Waals surface area contributed by atoms with Crippen LogP contribution in [0.3, 0.4) is 0 Å². The summed E-state index contributed by atoms with van der Waals surface area (Å²) in [6.45, 7) is 4.78. The Labute approximate surface area is 164 Å². The van der Waals surface area contributed by atoms with Crippen LogP contribution in [0.15, 0.2) is 53.1 Å². The lowest BCUT2D eigenvalue weighted by Gasteiger charge is -2.09. The maximum atomic E-state index is 12.6. The second-order valence-corrected chi connectivity index (χ2v) is 8.37. The van der Waals surface area contributed by atoms with Crippen molar-refractivity contribution in [3.05, 3.63) is 82.6 Å². The number of aromatic nitrogens is 1. The molecule has 0 spiro atoms. The molecule has 148 valence electrons. The van der Waals surface area contributed by atoms with E-state index in [4.69, 9.17) is 9.56 Å². The predicted molar refractivity (Wildman–Crippen MR) is 106 cm³/mol. The van der Waals surface area contributed by atoms with Gasteiger partial charge in [-0.05, 0) is 43.2 Å². The van der Waals surface area contributed by atoms with Crippen LogP contribution < -0.4 is 10.5 Å². The summed E-state index contributed by atoms with van der Waals surface area (Å²) in [7, 11) is -3.56. The first-order chi connectivity index (χ1) is 13.2. The number of nitrogens with zero attached hydrogens (tertiary/aromatic N) is 1. The normalized spacial score (nSPS) is 11.5. The van der Waals surface area contributed by atoms with Gasteiger partial charge >= 0.3 is 0 Å². The Hall–Kier alpha value is -2.84. The second-order valence-electron chi connectivity index (χ2n) is 6.76. The van der Waals surface area contributed by atoms with Crippen LogP contribution in [0.25, 0.3) is 0 Å². The SMILES string of the molecule is Cc1cc(C(=O)NCc2ccc(CS(N)(=O)=O)cc2)c(C)n1Cc1ccco1. The summed E-state index contributed by atoms with van der Waals surface area (Å²) < 4.78 is 29.7. The van der Waals surface area contributed by atoms with Crippen LogP contribution in [-0.4, -0.2) is 18.9 Å². The van der Waals surface area contributed by atoms with E-state index in [1.165, 1.54) is 0 Å². The lowest BCUT2D eigenvalue weighted by molar-refractivity contribution is 0.0950. The third kappa shape index (κ3) is 4.90. The molecule has 7 nitrogen and oxygen atoms in total. The van der Waals surface area contributed by atoms with Crippen molar-refractivity contribution in [1.82, 2.24) is 9.88 Å². The summed E-state index contributed by atoms with van der Waals surface area (Å²) in [5.74, 6) is 0.460. The summed E-state index contributed by atoms with van der Waals surface area (Å²) in [5.41, 5.74) is 3.95. The van der Waals surface area contributed by atoms with E-state index in [1.807, 2.05) is 36.6 Å². The molecule has 1 aromatic carbocycles. The molecule has 0 saturated carbocycles. The summed E-state index contributed by atoms with van der Waals surface area (Å²) >= 11 is 0. The Morgan fingerprint density at radius 3 is 2.43 bits per heavy atom. The zero-order valence-electron chi connectivity index (χ0n) is 15.8. The summed E-state index contributed by atoms with van der Waals surface area (Å²) in [4.78, 5) is 12.6. The smallest absolute Gasteiger partial charge is 0.253 e. The number of carbonyl (C=O) groups excluding carboxylic acids is 1. The van der Waals surface area contributed by atoms with Gasteiger partial charge in [-0.15, -0.1) is 0 Å². The van der Waals surface area contributed by atoms with Crippen molar-refractivity contribution in [2.24, 2.45) is 5.14 Å². The highest BCUT2D eigenvalue weighted by atomic mass is 32.2. The number of rotatable bonds is 7. The van der Waals surface area contributed by atoms with Crippen molar-refractivity contribution in [2.45, 2.75) is 32.7 Å². The van der Waals surface area contributed by atoms with E-state index in [0.717, 1.165) is 22.7 Å². The van der Waals surface area contributed by atoms with E-state index in [9.17, 15) is 13.2 Å². The van der Waals surface area contributed by atoms with Gasteiger partial charge in [0.2, 0.25) is 10.0 Å². The molecule has 3 N–H and O–H groups in total. The fraction of sp³-hybridized carbons (Fsp3) is 0.250. The predicted octanol–water partition coefficient (Wildman–Crippen LogP) is 2.46. The number of benzene rings is 1. The van der Waals surface area contributed by atoms with Crippen LogP contribution in [0.5, 0.6) is 0 Å². The molecule has 1 amide bonds. The van der Waals surface area contributed by atoms with Crippen molar-refractivity contribution in [2.75, 3.05) is 0 Å². The summed E-state index contributed by atoms with van der Waals surface area (Å²) in [5, 5.41) is 7.95. The molecule has 2 aromatic heterocycles. The molecule has 0 saturated heterocycles. The highest BCUT2D eigenvalue weighted by Crippen LogP contribution is 2.18. The topological polar surface area (TPSA) is 107 Å². The number of hydrogen-bond donors (Lipinski definition) is 2. The van der Waals surface area contributed by atoms with E-state index < -0.39 is 10.0 Å². The first-order valence-corrected chi connectivity index (χ1v) is 10.5. The number of sulfonamides is 1. The van der Waals surface area contributed by atoms with Crippen molar-refractivity contribution in [1.29, 1.82) is 0 Å². The minimum Gasteiger partial charge on any atom is -0.467 e. The monoisotopic (exact) mass is 401 g/mol. The number of carbonyl (C=O) groups is 1. The van der Waals surface area contributed by atoms with Crippen molar-refractivity contribution < 1.29 is 17.6 Å². The zero-order valence-corrected chi connectivity index (χ0v) is 16.6. The minimum atomic E-state index is -3.56. The van der Waals surface area contributed by atoms with E-state index in [1.54, 1.807) is 30.5 Å². The number of primary sulfonamides is 1. The Balaban J connectivity index is 1.65. The average Bonchev–Trinajstić information content (AvgIpc) is 3.23. The highest BCUT2D eigenvalue weighted by Gasteiger charge is 2.16. The second kappa shape index (κ2) is 8.04.